The van der Waals surface area contributed by atoms with Gasteiger partial charge in [-0.1, -0.05) is 18.2 Å². The molecule has 0 atom stereocenters. The number of carbonyl (C=O) groups excluding carboxylic acids is 2. The number of fused-ring (bicyclic) bond motifs is 1. The summed E-state index contributed by atoms with van der Waals surface area (Å²) in [6.45, 7) is 5.44. The molecule has 2 aromatic rings. The van der Waals surface area contributed by atoms with Crippen molar-refractivity contribution in [3.8, 4) is 0 Å². The van der Waals surface area contributed by atoms with Gasteiger partial charge in [0.25, 0.3) is 5.91 Å². The monoisotopic (exact) mass is 343 g/mol. The fourth-order valence-electron chi connectivity index (χ4n) is 2.83. The molecule has 0 aliphatic carbocycles. The normalized spacial score (nSPS) is 14.8. The Morgan fingerprint density at radius 3 is 2.40 bits per heavy atom. The van der Waals surface area contributed by atoms with Crippen LogP contribution in [0.1, 0.15) is 24.2 Å². The van der Waals surface area contributed by atoms with Crippen molar-refractivity contribution in [2.45, 2.75) is 19.9 Å². The van der Waals surface area contributed by atoms with Gasteiger partial charge < -0.3 is 19.5 Å². The summed E-state index contributed by atoms with van der Waals surface area (Å²) in [6.07, 6.45) is 0. The van der Waals surface area contributed by atoms with Crippen LogP contribution in [0.4, 0.5) is 4.79 Å². The van der Waals surface area contributed by atoms with Crippen LogP contribution < -0.4 is 10.9 Å². The molecule has 1 fully saturated rings. The zero-order valence-electron chi connectivity index (χ0n) is 14.3. The molecule has 7 nitrogen and oxygen atoms in total. The highest BCUT2D eigenvalue weighted by Gasteiger charge is 2.27. The highest BCUT2D eigenvalue weighted by atomic mass is 16.4. The molecule has 2 heterocycles. The Hall–Kier alpha value is -2.83. The SMILES string of the molecule is CC(C)NC(=O)N1CCN(C(=O)c2cc3ccccc3oc2=O)CC1. The standard InChI is InChI=1S/C18H21N3O4/c1-12(2)19-18(24)21-9-7-20(8-10-21)16(22)14-11-13-5-3-4-6-15(13)25-17(14)23/h3-6,11-12H,7-10H2,1-2H3,(H,19,24). The Morgan fingerprint density at radius 2 is 1.72 bits per heavy atom. The number of piperazine rings is 1. The summed E-state index contributed by atoms with van der Waals surface area (Å²) in [5.74, 6) is -0.358. The molecule has 7 heteroatoms. The van der Waals surface area contributed by atoms with Gasteiger partial charge in [0.2, 0.25) is 0 Å². The van der Waals surface area contributed by atoms with Crippen molar-refractivity contribution < 1.29 is 14.0 Å². The van der Waals surface area contributed by atoms with E-state index >= 15 is 0 Å². The lowest BCUT2D eigenvalue weighted by molar-refractivity contribution is 0.0660. The maximum atomic E-state index is 12.7. The van der Waals surface area contributed by atoms with Crippen LogP contribution in [0.2, 0.25) is 0 Å². The van der Waals surface area contributed by atoms with Gasteiger partial charge in [0.1, 0.15) is 11.1 Å². The second-order valence-corrected chi connectivity index (χ2v) is 6.37. The van der Waals surface area contributed by atoms with E-state index in [1.165, 1.54) is 0 Å². The number of carbonyl (C=O) groups is 2. The topological polar surface area (TPSA) is 82.9 Å². The van der Waals surface area contributed by atoms with Crippen LogP contribution in [0.25, 0.3) is 11.0 Å². The predicted octanol–water partition coefficient (Wildman–Crippen LogP) is 1.67. The van der Waals surface area contributed by atoms with Crippen molar-refractivity contribution in [3.05, 3.63) is 46.3 Å². The molecular weight excluding hydrogens is 322 g/mol. The third-order valence-electron chi connectivity index (χ3n) is 4.14. The molecule has 1 aliphatic rings. The fraction of sp³-hybridized carbons (Fsp3) is 0.389. The Bertz CT molecular complexity index is 851. The first kappa shape index (κ1) is 17.0. The van der Waals surface area contributed by atoms with E-state index in [-0.39, 0.29) is 23.5 Å². The van der Waals surface area contributed by atoms with Gasteiger partial charge in [-0.25, -0.2) is 9.59 Å². The maximum absolute atomic E-state index is 12.7. The molecule has 3 amide bonds. The van der Waals surface area contributed by atoms with Crippen LogP contribution in [0, 0.1) is 0 Å². The van der Waals surface area contributed by atoms with E-state index in [4.69, 9.17) is 4.42 Å². The van der Waals surface area contributed by atoms with Gasteiger partial charge in [0.15, 0.2) is 0 Å². The Labute approximate surface area is 145 Å². The fourth-order valence-corrected chi connectivity index (χ4v) is 2.83. The molecule has 132 valence electrons. The first-order valence-electron chi connectivity index (χ1n) is 8.33. The Morgan fingerprint density at radius 1 is 1.08 bits per heavy atom. The van der Waals surface area contributed by atoms with Gasteiger partial charge in [-0.3, -0.25) is 4.79 Å². The van der Waals surface area contributed by atoms with Gasteiger partial charge >= 0.3 is 11.7 Å². The molecule has 0 saturated carbocycles. The molecule has 0 radical (unpaired) electrons. The molecule has 0 unspecified atom stereocenters. The number of urea groups is 1. The summed E-state index contributed by atoms with van der Waals surface area (Å²) < 4.78 is 5.23. The van der Waals surface area contributed by atoms with E-state index in [1.54, 1.807) is 34.1 Å². The van der Waals surface area contributed by atoms with E-state index in [9.17, 15) is 14.4 Å². The van der Waals surface area contributed by atoms with Gasteiger partial charge in [0, 0.05) is 37.6 Å². The zero-order valence-corrected chi connectivity index (χ0v) is 14.3. The molecule has 3 rings (SSSR count). The number of nitrogens with zero attached hydrogens (tertiary/aromatic N) is 2. The quantitative estimate of drug-likeness (QED) is 0.841. The minimum absolute atomic E-state index is 0.0266. The van der Waals surface area contributed by atoms with Gasteiger partial charge in [0.05, 0.1) is 0 Å². The highest BCUT2D eigenvalue weighted by Crippen LogP contribution is 2.14. The van der Waals surface area contributed by atoms with Crippen LogP contribution in [0.3, 0.4) is 0 Å². The van der Waals surface area contributed by atoms with E-state index < -0.39 is 5.63 Å². The lowest BCUT2D eigenvalue weighted by Crippen LogP contribution is -2.54. The lowest BCUT2D eigenvalue weighted by atomic mass is 10.1. The molecule has 1 N–H and O–H groups in total. The first-order chi connectivity index (χ1) is 12.0. The van der Waals surface area contributed by atoms with E-state index in [1.807, 2.05) is 19.9 Å². The maximum Gasteiger partial charge on any atom is 0.349 e. The molecule has 1 saturated heterocycles. The molecule has 1 aromatic carbocycles. The third-order valence-corrected chi connectivity index (χ3v) is 4.14. The average molecular weight is 343 g/mol. The van der Waals surface area contributed by atoms with Crippen molar-refractivity contribution in [1.29, 1.82) is 0 Å². The van der Waals surface area contributed by atoms with Gasteiger partial charge in [-0.15, -0.1) is 0 Å². The second-order valence-electron chi connectivity index (χ2n) is 6.37. The summed E-state index contributed by atoms with van der Waals surface area (Å²) >= 11 is 0. The summed E-state index contributed by atoms with van der Waals surface area (Å²) in [4.78, 5) is 40.0. The van der Waals surface area contributed by atoms with Gasteiger partial charge in [-0.2, -0.15) is 0 Å². The van der Waals surface area contributed by atoms with Crippen molar-refractivity contribution in [1.82, 2.24) is 15.1 Å². The van der Waals surface area contributed by atoms with Crippen molar-refractivity contribution in [2.24, 2.45) is 0 Å². The summed E-state index contributed by atoms with van der Waals surface area (Å²) in [6, 6.07) is 8.58. The summed E-state index contributed by atoms with van der Waals surface area (Å²) in [5.41, 5.74) is -0.151. The van der Waals surface area contributed by atoms with Crippen LogP contribution in [0.5, 0.6) is 0 Å². The summed E-state index contributed by atoms with van der Waals surface area (Å²) in [5, 5.41) is 3.54. The van der Waals surface area contributed by atoms with Crippen molar-refractivity contribution >= 4 is 22.9 Å². The van der Waals surface area contributed by atoms with E-state index in [0.717, 1.165) is 0 Å². The molecular formula is C18H21N3O4. The number of nitrogens with one attached hydrogen (secondary N) is 1. The van der Waals surface area contributed by atoms with Crippen molar-refractivity contribution in [2.75, 3.05) is 26.2 Å². The zero-order chi connectivity index (χ0) is 18.0. The number of hydrogen-bond acceptors (Lipinski definition) is 4. The molecule has 0 spiro atoms. The highest BCUT2D eigenvalue weighted by molar-refractivity contribution is 5.96. The first-order valence-corrected chi connectivity index (χ1v) is 8.33. The Kier molecular flexibility index (Phi) is 4.74. The predicted molar refractivity (Wildman–Crippen MR) is 93.6 cm³/mol. The number of para-hydroxylation sites is 1. The van der Waals surface area contributed by atoms with E-state index in [2.05, 4.69) is 5.32 Å². The van der Waals surface area contributed by atoms with E-state index in [0.29, 0.717) is 37.1 Å². The smallest absolute Gasteiger partial charge is 0.349 e. The molecule has 0 bridgehead atoms. The molecule has 1 aliphatic heterocycles. The number of hydrogen-bond donors (Lipinski definition) is 1. The average Bonchev–Trinajstić information content (AvgIpc) is 2.60. The van der Waals surface area contributed by atoms with Crippen LogP contribution in [0.15, 0.2) is 39.5 Å². The molecule has 25 heavy (non-hydrogen) atoms. The van der Waals surface area contributed by atoms with Crippen molar-refractivity contribution in [3.63, 3.8) is 0 Å². The van der Waals surface area contributed by atoms with Crippen LogP contribution >= 0.6 is 0 Å². The lowest BCUT2D eigenvalue weighted by Gasteiger charge is -2.35. The molecule has 1 aromatic heterocycles. The minimum Gasteiger partial charge on any atom is -0.422 e. The number of rotatable bonds is 2. The van der Waals surface area contributed by atoms with Crippen LogP contribution in [-0.2, 0) is 0 Å². The van der Waals surface area contributed by atoms with Gasteiger partial charge in [-0.05, 0) is 26.0 Å². The Balaban J connectivity index is 1.72. The van der Waals surface area contributed by atoms with Crippen LogP contribution in [-0.4, -0.2) is 54.0 Å². The largest absolute Gasteiger partial charge is 0.422 e. The third kappa shape index (κ3) is 3.65. The minimum atomic E-state index is -0.635. The second kappa shape index (κ2) is 6.96. The summed E-state index contributed by atoms with van der Waals surface area (Å²) in [7, 11) is 0. The number of benzene rings is 1. The number of amides is 3.